The van der Waals surface area contributed by atoms with Gasteiger partial charge in [-0.15, -0.1) is 5.10 Å². The number of rotatable bonds is 2. The van der Waals surface area contributed by atoms with E-state index in [0.29, 0.717) is 0 Å². The number of hydrogen-bond acceptors (Lipinski definition) is 6. The van der Waals surface area contributed by atoms with E-state index < -0.39 is 47.9 Å². The summed E-state index contributed by atoms with van der Waals surface area (Å²) in [6, 6.07) is 0. The van der Waals surface area contributed by atoms with Crippen LogP contribution >= 0.6 is 0 Å². The lowest BCUT2D eigenvalue weighted by Crippen LogP contribution is -2.45. The highest BCUT2D eigenvalue weighted by molar-refractivity contribution is 4.99. The van der Waals surface area contributed by atoms with Gasteiger partial charge in [-0.05, 0) is 6.92 Å². The molecule has 1 aliphatic heterocycles. The maximum atomic E-state index is 14.3. The van der Waals surface area contributed by atoms with E-state index in [2.05, 4.69) is 5.10 Å². The number of halogens is 2. The van der Waals surface area contributed by atoms with Crippen LogP contribution in [0.2, 0.25) is 0 Å². The minimum absolute atomic E-state index is 0.246. The molecule has 1 aliphatic rings. The molecule has 0 amide bonds. The molecule has 0 aliphatic carbocycles. The maximum absolute atomic E-state index is 14.3. The number of ether oxygens (including phenoxy) is 1. The molecule has 0 saturated carbocycles. The van der Waals surface area contributed by atoms with Crippen LogP contribution in [0.5, 0.6) is 0 Å². The summed E-state index contributed by atoms with van der Waals surface area (Å²) in [5.74, 6) is -1.54. The molecule has 8 nitrogen and oxygen atoms in total. The summed E-state index contributed by atoms with van der Waals surface area (Å²) in [5, 5.41) is 21.5. The van der Waals surface area contributed by atoms with E-state index in [4.69, 9.17) is 9.84 Å². The predicted molar refractivity (Wildman–Crippen MR) is 66.9 cm³/mol. The van der Waals surface area contributed by atoms with Crippen molar-refractivity contribution in [3.8, 4) is 0 Å². The molecule has 0 spiro atoms. The summed E-state index contributed by atoms with van der Waals surface area (Å²) in [6.45, 7) is 4.22. The molecule has 1 aromatic heterocycles. The van der Waals surface area contributed by atoms with E-state index in [1.54, 1.807) is 4.98 Å². The van der Waals surface area contributed by atoms with Gasteiger partial charge in [0.25, 0.3) is 5.95 Å². The number of aromatic amines is 1. The number of hydrogen-bond donors (Lipinski definition) is 3. The first-order valence-corrected chi connectivity index (χ1v) is 6.31. The van der Waals surface area contributed by atoms with Gasteiger partial charge in [0.2, 0.25) is 0 Å². The topological polar surface area (TPSA) is 117 Å². The fourth-order valence-corrected chi connectivity index (χ4v) is 1.87. The van der Waals surface area contributed by atoms with E-state index in [1.165, 1.54) is 0 Å². The van der Waals surface area contributed by atoms with Gasteiger partial charge in [0.1, 0.15) is 12.2 Å². The largest absolute Gasteiger partial charge is 0.394 e. The molecule has 2 heterocycles. The third kappa shape index (κ3) is 3.01. The predicted octanol–water partition coefficient (Wildman–Crippen LogP) is -0.924. The van der Waals surface area contributed by atoms with Crippen molar-refractivity contribution in [1.29, 1.82) is 0 Å². The summed E-state index contributed by atoms with van der Waals surface area (Å²) in [5.41, 5.74) is -5.03. The van der Waals surface area contributed by atoms with Crippen molar-refractivity contribution < 1.29 is 23.7 Å². The van der Waals surface area contributed by atoms with Crippen LogP contribution in [0.15, 0.2) is 9.59 Å². The normalized spacial score (nSPS) is 31.7. The third-order valence-electron chi connectivity index (χ3n) is 2.93. The van der Waals surface area contributed by atoms with Crippen molar-refractivity contribution >= 4 is 0 Å². The molecule has 4 unspecified atom stereocenters. The zero-order chi connectivity index (χ0) is 16.4. The molecular weight excluding hydrogens is 292 g/mol. The van der Waals surface area contributed by atoms with Gasteiger partial charge >= 0.3 is 11.2 Å². The Morgan fingerprint density at radius 2 is 2.05 bits per heavy atom. The SMILES string of the molecule is CC.CC1(F)C(O)C(CO)OC1n1nc(F)c(=O)[nH]c1=O. The zero-order valence-corrected chi connectivity index (χ0v) is 11.7. The molecule has 2 rings (SSSR count). The van der Waals surface area contributed by atoms with Gasteiger partial charge in [0.15, 0.2) is 11.9 Å². The fraction of sp³-hybridized carbons (Fsp3) is 0.727. The maximum Gasteiger partial charge on any atom is 0.347 e. The van der Waals surface area contributed by atoms with Crippen LogP contribution in [0, 0.1) is 5.95 Å². The number of aliphatic hydroxyl groups is 2. The second-order valence-electron chi connectivity index (χ2n) is 4.30. The summed E-state index contributed by atoms with van der Waals surface area (Å²) >= 11 is 0. The number of nitrogens with one attached hydrogen (secondary N) is 1. The van der Waals surface area contributed by atoms with Gasteiger partial charge in [0, 0.05) is 0 Å². The standard InChI is InChI=1S/C9H11F2N3O5.C2H6/c1-9(11)4(16)3(2-15)19-7(9)14-8(18)12-6(17)5(10)13-14;1-2/h3-4,7,15-16H,2H2,1H3,(H,12,17,18);1-2H3. The van der Waals surface area contributed by atoms with Crippen molar-refractivity contribution in [2.24, 2.45) is 0 Å². The van der Waals surface area contributed by atoms with E-state index in [1.807, 2.05) is 13.8 Å². The lowest BCUT2D eigenvalue weighted by molar-refractivity contribution is -0.0699. The van der Waals surface area contributed by atoms with Gasteiger partial charge < -0.3 is 14.9 Å². The Balaban J connectivity index is 0.00000106. The van der Waals surface area contributed by atoms with E-state index in [9.17, 15) is 23.5 Å². The minimum Gasteiger partial charge on any atom is -0.394 e. The summed E-state index contributed by atoms with van der Waals surface area (Å²) in [4.78, 5) is 23.9. The highest BCUT2D eigenvalue weighted by atomic mass is 19.1. The lowest BCUT2D eigenvalue weighted by atomic mass is 9.99. The number of aromatic nitrogens is 3. The molecule has 0 bridgehead atoms. The van der Waals surface area contributed by atoms with Crippen molar-refractivity contribution in [2.45, 2.75) is 44.9 Å². The summed E-state index contributed by atoms with van der Waals surface area (Å²) < 4.78 is 32.5. The van der Waals surface area contributed by atoms with Crippen LogP contribution in [0.25, 0.3) is 0 Å². The van der Waals surface area contributed by atoms with Gasteiger partial charge in [-0.25, -0.2) is 9.18 Å². The van der Waals surface area contributed by atoms with Crippen molar-refractivity contribution in [3.63, 3.8) is 0 Å². The van der Waals surface area contributed by atoms with E-state index in [0.717, 1.165) is 6.92 Å². The molecule has 120 valence electrons. The van der Waals surface area contributed by atoms with Crippen molar-refractivity contribution in [1.82, 2.24) is 14.8 Å². The molecular formula is C11H17F2N3O5. The summed E-state index contributed by atoms with van der Waals surface area (Å²) in [6.07, 6.45) is -4.78. The molecule has 4 atom stereocenters. The molecule has 3 N–H and O–H groups in total. The Labute approximate surface area is 118 Å². The number of alkyl halides is 1. The minimum atomic E-state index is -2.49. The zero-order valence-electron chi connectivity index (χ0n) is 11.7. The van der Waals surface area contributed by atoms with Crippen LogP contribution in [0.3, 0.4) is 0 Å². The summed E-state index contributed by atoms with van der Waals surface area (Å²) in [7, 11) is 0. The molecule has 0 radical (unpaired) electrons. The van der Waals surface area contributed by atoms with E-state index >= 15 is 0 Å². The molecule has 1 aromatic rings. The number of nitrogens with zero attached hydrogens (tertiary/aromatic N) is 2. The molecule has 10 heteroatoms. The van der Waals surface area contributed by atoms with Gasteiger partial charge in [-0.3, -0.25) is 9.78 Å². The second kappa shape index (κ2) is 6.41. The average Bonchev–Trinajstić information content (AvgIpc) is 2.68. The highest BCUT2D eigenvalue weighted by Gasteiger charge is 2.55. The van der Waals surface area contributed by atoms with Crippen LogP contribution in [-0.4, -0.2) is 49.5 Å². The van der Waals surface area contributed by atoms with Crippen LogP contribution in [-0.2, 0) is 4.74 Å². The van der Waals surface area contributed by atoms with Crippen molar-refractivity contribution in [2.75, 3.05) is 6.61 Å². The molecule has 1 saturated heterocycles. The van der Waals surface area contributed by atoms with Crippen LogP contribution in [0.1, 0.15) is 27.0 Å². The Morgan fingerprint density at radius 3 is 2.52 bits per heavy atom. The molecule has 0 aromatic carbocycles. The quantitative estimate of drug-likeness (QED) is 0.650. The molecule has 21 heavy (non-hydrogen) atoms. The van der Waals surface area contributed by atoms with E-state index in [-0.39, 0.29) is 4.68 Å². The van der Waals surface area contributed by atoms with Crippen molar-refractivity contribution in [3.05, 3.63) is 26.8 Å². The monoisotopic (exact) mass is 309 g/mol. The second-order valence-corrected chi connectivity index (χ2v) is 4.30. The Kier molecular flexibility index (Phi) is 5.31. The van der Waals surface area contributed by atoms with Gasteiger partial charge in [-0.2, -0.15) is 9.07 Å². The average molecular weight is 309 g/mol. The van der Waals surface area contributed by atoms with Gasteiger partial charge in [0.05, 0.1) is 6.61 Å². The highest BCUT2D eigenvalue weighted by Crippen LogP contribution is 2.39. The number of H-pyrrole nitrogens is 1. The Hall–Kier alpha value is -1.65. The molecule has 1 fully saturated rings. The first kappa shape index (κ1) is 17.4. The Morgan fingerprint density at radius 1 is 1.48 bits per heavy atom. The first-order valence-electron chi connectivity index (χ1n) is 6.31. The lowest BCUT2D eigenvalue weighted by Gasteiger charge is -2.23. The first-order chi connectivity index (χ1) is 9.78. The fourth-order valence-electron chi connectivity index (χ4n) is 1.87. The smallest absolute Gasteiger partial charge is 0.347 e. The third-order valence-corrected chi connectivity index (χ3v) is 2.93. The van der Waals surface area contributed by atoms with Crippen LogP contribution < -0.4 is 11.2 Å². The number of aliphatic hydroxyl groups excluding tert-OH is 2. The van der Waals surface area contributed by atoms with Gasteiger partial charge in [-0.1, -0.05) is 13.8 Å². The van der Waals surface area contributed by atoms with Crippen LogP contribution in [0.4, 0.5) is 8.78 Å². The Bertz CT molecular complexity index is 600.